The number of carbonyl (C=O) groups is 1. The molecule has 1 aromatic carbocycles. The van der Waals surface area contributed by atoms with Crippen molar-refractivity contribution in [2.75, 3.05) is 20.8 Å². The number of aryl methyl sites for hydroxylation is 1. The first-order valence-electron chi connectivity index (χ1n) is 8.60. The van der Waals surface area contributed by atoms with Gasteiger partial charge >= 0.3 is 0 Å². The summed E-state index contributed by atoms with van der Waals surface area (Å²) >= 11 is 0. The Morgan fingerprint density at radius 2 is 2.08 bits per heavy atom. The third-order valence-electron chi connectivity index (χ3n) is 4.66. The summed E-state index contributed by atoms with van der Waals surface area (Å²) in [5.41, 5.74) is 2.07. The molecule has 0 spiro atoms. The fourth-order valence-electron chi connectivity index (χ4n) is 3.40. The summed E-state index contributed by atoms with van der Waals surface area (Å²) in [7, 11) is 3.21. The van der Waals surface area contributed by atoms with Crippen LogP contribution in [0.5, 0.6) is 11.5 Å². The minimum atomic E-state index is 0.151. The molecule has 1 aromatic heterocycles. The predicted molar refractivity (Wildman–Crippen MR) is 94.9 cm³/mol. The molecule has 134 valence electrons. The number of methoxy groups -OCH3 is 2. The minimum Gasteiger partial charge on any atom is -0.493 e. The van der Waals surface area contributed by atoms with Crippen LogP contribution in [-0.4, -0.2) is 47.4 Å². The zero-order chi connectivity index (χ0) is 17.8. The van der Waals surface area contributed by atoms with Gasteiger partial charge in [-0.2, -0.15) is 5.10 Å². The first-order valence-corrected chi connectivity index (χ1v) is 8.60. The van der Waals surface area contributed by atoms with Crippen molar-refractivity contribution >= 4 is 5.91 Å². The summed E-state index contributed by atoms with van der Waals surface area (Å²) in [5.74, 6) is 1.48. The fraction of sp³-hybridized carbons (Fsp3) is 0.474. The summed E-state index contributed by atoms with van der Waals surface area (Å²) in [4.78, 5) is 14.8. The topological polar surface area (TPSA) is 56.6 Å². The summed E-state index contributed by atoms with van der Waals surface area (Å²) in [6.07, 6.45) is 6.31. The van der Waals surface area contributed by atoms with Crippen LogP contribution in [0.2, 0.25) is 0 Å². The second-order valence-corrected chi connectivity index (χ2v) is 6.49. The van der Waals surface area contributed by atoms with Gasteiger partial charge in [-0.1, -0.05) is 6.07 Å². The number of ether oxygens (including phenoxy) is 2. The molecule has 2 heterocycles. The molecule has 2 aromatic rings. The van der Waals surface area contributed by atoms with Crippen LogP contribution in [0.3, 0.4) is 0 Å². The standard InChI is InChI=1S/C19H25N3O3/c1-14-11-20-21(12-14)13-16-5-4-8-22(16)19(23)10-15-6-7-17(24-2)18(9-15)25-3/h6-7,9,11-12,16H,4-5,8,10,13H2,1-3H3. The number of benzene rings is 1. The van der Waals surface area contributed by atoms with Crippen molar-refractivity contribution in [3.05, 3.63) is 41.7 Å². The molecule has 1 amide bonds. The van der Waals surface area contributed by atoms with Gasteiger partial charge in [0.1, 0.15) is 0 Å². The first kappa shape index (κ1) is 17.3. The van der Waals surface area contributed by atoms with E-state index in [2.05, 4.69) is 5.10 Å². The average molecular weight is 343 g/mol. The van der Waals surface area contributed by atoms with Crippen molar-refractivity contribution in [2.45, 2.75) is 38.8 Å². The molecule has 6 heteroatoms. The van der Waals surface area contributed by atoms with E-state index in [9.17, 15) is 4.79 Å². The van der Waals surface area contributed by atoms with E-state index in [1.165, 1.54) is 0 Å². The number of aromatic nitrogens is 2. The Morgan fingerprint density at radius 3 is 2.76 bits per heavy atom. The van der Waals surface area contributed by atoms with Crippen LogP contribution in [-0.2, 0) is 17.8 Å². The van der Waals surface area contributed by atoms with Crippen molar-refractivity contribution in [2.24, 2.45) is 0 Å². The van der Waals surface area contributed by atoms with Gasteiger partial charge in [0.2, 0.25) is 5.91 Å². The molecular weight excluding hydrogens is 318 g/mol. The van der Waals surface area contributed by atoms with Gasteiger partial charge in [-0.3, -0.25) is 9.48 Å². The van der Waals surface area contributed by atoms with E-state index in [-0.39, 0.29) is 11.9 Å². The number of hydrogen-bond donors (Lipinski definition) is 0. The highest BCUT2D eigenvalue weighted by atomic mass is 16.5. The van der Waals surface area contributed by atoms with E-state index in [4.69, 9.17) is 9.47 Å². The van der Waals surface area contributed by atoms with Gasteiger partial charge in [-0.05, 0) is 43.0 Å². The predicted octanol–water partition coefficient (Wildman–Crippen LogP) is 2.44. The Hall–Kier alpha value is -2.50. The molecule has 0 radical (unpaired) electrons. The van der Waals surface area contributed by atoms with Gasteiger partial charge in [0.25, 0.3) is 0 Å². The molecule has 1 atom stereocenters. The molecule has 1 saturated heterocycles. The Bertz CT molecular complexity index is 741. The number of carbonyl (C=O) groups excluding carboxylic acids is 1. The van der Waals surface area contributed by atoms with Crippen LogP contribution in [0, 0.1) is 6.92 Å². The van der Waals surface area contributed by atoms with Crippen molar-refractivity contribution < 1.29 is 14.3 Å². The molecular formula is C19H25N3O3. The Kier molecular flexibility index (Phi) is 5.26. The van der Waals surface area contributed by atoms with Crippen molar-refractivity contribution in [1.82, 2.24) is 14.7 Å². The van der Waals surface area contributed by atoms with Crippen LogP contribution < -0.4 is 9.47 Å². The molecule has 1 unspecified atom stereocenters. The summed E-state index contributed by atoms with van der Waals surface area (Å²) in [6, 6.07) is 5.85. The molecule has 1 aliphatic rings. The van der Waals surface area contributed by atoms with E-state index >= 15 is 0 Å². The maximum Gasteiger partial charge on any atom is 0.227 e. The molecule has 0 N–H and O–H groups in total. The first-order chi connectivity index (χ1) is 12.1. The Labute approximate surface area is 148 Å². The zero-order valence-electron chi connectivity index (χ0n) is 15.1. The zero-order valence-corrected chi connectivity index (χ0v) is 15.1. The third kappa shape index (κ3) is 3.95. The molecule has 25 heavy (non-hydrogen) atoms. The number of amides is 1. The van der Waals surface area contributed by atoms with Crippen LogP contribution in [0.15, 0.2) is 30.6 Å². The van der Waals surface area contributed by atoms with Gasteiger partial charge in [0.05, 0.1) is 39.4 Å². The highest BCUT2D eigenvalue weighted by molar-refractivity contribution is 5.79. The smallest absolute Gasteiger partial charge is 0.227 e. The van der Waals surface area contributed by atoms with Crippen LogP contribution >= 0.6 is 0 Å². The number of likely N-dealkylation sites (tertiary alicyclic amines) is 1. The largest absolute Gasteiger partial charge is 0.493 e. The van der Waals surface area contributed by atoms with Crippen LogP contribution in [0.25, 0.3) is 0 Å². The van der Waals surface area contributed by atoms with Crippen LogP contribution in [0.4, 0.5) is 0 Å². The average Bonchev–Trinajstić information content (AvgIpc) is 3.24. The van der Waals surface area contributed by atoms with Crippen molar-refractivity contribution in [3.8, 4) is 11.5 Å². The van der Waals surface area contributed by atoms with Gasteiger partial charge in [0.15, 0.2) is 11.5 Å². The lowest BCUT2D eigenvalue weighted by Crippen LogP contribution is -2.39. The molecule has 3 rings (SSSR count). The minimum absolute atomic E-state index is 0.151. The molecule has 1 fully saturated rings. The van der Waals surface area contributed by atoms with E-state index in [0.29, 0.717) is 17.9 Å². The second kappa shape index (κ2) is 7.59. The Morgan fingerprint density at radius 1 is 1.28 bits per heavy atom. The van der Waals surface area contributed by atoms with Crippen LogP contribution in [0.1, 0.15) is 24.0 Å². The molecule has 0 bridgehead atoms. The van der Waals surface area contributed by atoms with Crippen molar-refractivity contribution in [1.29, 1.82) is 0 Å². The SMILES string of the molecule is COc1ccc(CC(=O)N2CCCC2Cn2cc(C)cn2)cc1OC. The molecule has 0 aliphatic carbocycles. The Balaban J connectivity index is 1.67. The third-order valence-corrected chi connectivity index (χ3v) is 4.66. The fourth-order valence-corrected chi connectivity index (χ4v) is 3.40. The monoisotopic (exact) mass is 343 g/mol. The van der Waals surface area contributed by atoms with Gasteiger partial charge in [-0.15, -0.1) is 0 Å². The molecule has 0 saturated carbocycles. The lowest BCUT2D eigenvalue weighted by Gasteiger charge is -2.25. The summed E-state index contributed by atoms with van der Waals surface area (Å²) in [5, 5.41) is 4.35. The van der Waals surface area contributed by atoms with E-state index in [0.717, 1.165) is 37.1 Å². The van der Waals surface area contributed by atoms with Gasteiger partial charge in [-0.25, -0.2) is 0 Å². The lowest BCUT2D eigenvalue weighted by atomic mass is 10.1. The summed E-state index contributed by atoms with van der Waals surface area (Å²) in [6.45, 7) is 3.60. The highest BCUT2D eigenvalue weighted by Gasteiger charge is 2.29. The van der Waals surface area contributed by atoms with Gasteiger partial charge in [0, 0.05) is 12.7 Å². The lowest BCUT2D eigenvalue weighted by molar-refractivity contribution is -0.131. The highest BCUT2D eigenvalue weighted by Crippen LogP contribution is 2.28. The van der Waals surface area contributed by atoms with E-state index < -0.39 is 0 Å². The van der Waals surface area contributed by atoms with Gasteiger partial charge < -0.3 is 14.4 Å². The second-order valence-electron chi connectivity index (χ2n) is 6.49. The number of rotatable bonds is 6. The van der Waals surface area contributed by atoms with Crippen molar-refractivity contribution in [3.63, 3.8) is 0 Å². The normalized spacial score (nSPS) is 16.9. The maximum absolute atomic E-state index is 12.8. The quantitative estimate of drug-likeness (QED) is 0.808. The molecule has 6 nitrogen and oxygen atoms in total. The van der Waals surface area contributed by atoms with E-state index in [1.807, 2.05) is 47.1 Å². The number of hydrogen-bond acceptors (Lipinski definition) is 4. The van der Waals surface area contributed by atoms with E-state index in [1.54, 1.807) is 14.2 Å². The number of nitrogens with zero attached hydrogens (tertiary/aromatic N) is 3. The maximum atomic E-state index is 12.8. The summed E-state index contributed by atoms with van der Waals surface area (Å²) < 4.78 is 12.5. The molecule has 1 aliphatic heterocycles.